The van der Waals surface area contributed by atoms with Crippen LogP contribution in [0.5, 0.6) is 11.5 Å². The summed E-state index contributed by atoms with van der Waals surface area (Å²) in [7, 11) is 1.57. The Morgan fingerprint density at radius 3 is 2.56 bits per heavy atom. The Labute approximate surface area is 208 Å². The lowest BCUT2D eigenvalue weighted by Crippen LogP contribution is -2.21. The number of aryl methyl sites for hydroxylation is 1. The van der Waals surface area contributed by atoms with Crippen LogP contribution in [-0.2, 0) is 11.8 Å². The van der Waals surface area contributed by atoms with Gasteiger partial charge in [0.15, 0.2) is 11.6 Å². The van der Waals surface area contributed by atoms with Crippen molar-refractivity contribution in [2.45, 2.75) is 6.92 Å². The van der Waals surface area contributed by atoms with Gasteiger partial charge in [-0.15, -0.1) is 11.3 Å². The van der Waals surface area contributed by atoms with Gasteiger partial charge in [0.05, 0.1) is 4.88 Å². The molecule has 2 aromatic heterocycles. The van der Waals surface area contributed by atoms with Crippen LogP contribution in [0.2, 0.25) is 0 Å². The molecular weight excluding hydrogens is 488 g/mol. The van der Waals surface area contributed by atoms with E-state index < -0.39 is 17.5 Å². The van der Waals surface area contributed by atoms with Crippen molar-refractivity contribution < 1.29 is 23.1 Å². The standard InChI is InChI=1S/C26H21F2N3O4S/c1-4-23(32)30-15-7-9-20(35-21-8-6-14(27)10-19(21)28)16(11-15)18-13-31(3)26(34)24-17(18)12-22(36-24)25(33)29-5-2/h4,6-13H,1,5H2,2-3H3,(H,29,33)(H,30,32). The van der Waals surface area contributed by atoms with Crippen LogP contribution >= 0.6 is 11.3 Å². The second-order valence-corrected chi connectivity index (χ2v) is 8.81. The van der Waals surface area contributed by atoms with Crippen molar-refractivity contribution in [2.75, 3.05) is 11.9 Å². The van der Waals surface area contributed by atoms with E-state index in [4.69, 9.17) is 4.74 Å². The first-order chi connectivity index (χ1) is 17.2. The number of benzene rings is 2. The first-order valence-corrected chi connectivity index (χ1v) is 11.7. The van der Waals surface area contributed by atoms with E-state index in [-0.39, 0.29) is 23.0 Å². The summed E-state index contributed by atoms with van der Waals surface area (Å²) < 4.78 is 35.3. The zero-order chi connectivity index (χ0) is 26.0. The molecule has 2 aromatic carbocycles. The molecule has 2 heterocycles. The van der Waals surface area contributed by atoms with Crippen molar-refractivity contribution in [3.05, 3.63) is 88.2 Å². The molecule has 0 aliphatic carbocycles. The molecule has 184 valence electrons. The van der Waals surface area contributed by atoms with Crippen molar-refractivity contribution in [3.63, 3.8) is 0 Å². The molecule has 0 saturated heterocycles. The van der Waals surface area contributed by atoms with Crippen molar-refractivity contribution in [1.29, 1.82) is 0 Å². The average Bonchev–Trinajstić information content (AvgIpc) is 3.30. The van der Waals surface area contributed by atoms with Crippen molar-refractivity contribution in [3.8, 4) is 22.6 Å². The zero-order valence-electron chi connectivity index (χ0n) is 19.4. The highest BCUT2D eigenvalue weighted by molar-refractivity contribution is 7.20. The molecule has 2 amide bonds. The Morgan fingerprint density at radius 2 is 1.86 bits per heavy atom. The highest BCUT2D eigenvalue weighted by atomic mass is 32.1. The third-order valence-electron chi connectivity index (χ3n) is 5.26. The van der Waals surface area contributed by atoms with E-state index in [1.807, 2.05) is 0 Å². The monoisotopic (exact) mass is 509 g/mol. The van der Waals surface area contributed by atoms with Crippen LogP contribution in [0.4, 0.5) is 14.5 Å². The summed E-state index contributed by atoms with van der Waals surface area (Å²) >= 11 is 1.06. The first-order valence-electron chi connectivity index (χ1n) is 10.8. The summed E-state index contributed by atoms with van der Waals surface area (Å²) in [6.45, 7) is 5.65. The molecule has 2 N–H and O–H groups in total. The molecule has 0 unspecified atom stereocenters. The van der Waals surface area contributed by atoms with Gasteiger partial charge < -0.3 is 19.9 Å². The molecule has 36 heavy (non-hydrogen) atoms. The molecule has 0 bridgehead atoms. The Morgan fingerprint density at radius 1 is 1.11 bits per heavy atom. The summed E-state index contributed by atoms with van der Waals surface area (Å²) in [5, 5.41) is 5.86. The minimum absolute atomic E-state index is 0.183. The molecule has 0 aliphatic rings. The molecule has 0 saturated carbocycles. The number of aromatic nitrogens is 1. The number of nitrogens with one attached hydrogen (secondary N) is 2. The van der Waals surface area contributed by atoms with Crippen molar-refractivity contribution in [2.24, 2.45) is 7.05 Å². The fourth-order valence-electron chi connectivity index (χ4n) is 3.58. The van der Waals surface area contributed by atoms with Gasteiger partial charge in [0, 0.05) is 48.1 Å². The number of anilines is 1. The molecule has 0 spiro atoms. The van der Waals surface area contributed by atoms with Crippen LogP contribution in [0.1, 0.15) is 16.6 Å². The fourth-order valence-corrected chi connectivity index (χ4v) is 4.65. The zero-order valence-corrected chi connectivity index (χ0v) is 20.2. The summed E-state index contributed by atoms with van der Waals surface area (Å²) in [5.74, 6) is -2.44. The number of carbonyl (C=O) groups excluding carboxylic acids is 2. The third-order valence-corrected chi connectivity index (χ3v) is 6.38. The summed E-state index contributed by atoms with van der Waals surface area (Å²) in [5.41, 5.74) is 1.01. The number of fused-ring (bicyclic) bond motifs is 1. The quantitative estimate of drug-likeness (QED) is 0.335. The number of rotatable bonds is 7. The van der Waals surface area contributed by atoms with Crippen LogP contribution in [-0.4, -0.2) is 22.9 Å². The topological polar surface area (TPSA) is 89.4 Å². The fraction of sp³-hybridized carbons (Fsp3) is 0.115. The van der Waals surface area contributed by atoms with Crippen molar-refractivity contribution >= 4 is 38.9 Å². The number of hydrogen-bond acceptors (Lipinski definition) is 5. The van der Waals surface area contributed by atoms with E-state index >= 15 is 0 Å². The number of ether oxygens (including phenoxy) is 1. The number of halogens is 2. The van der Waals surface area contributed by atoms with Gasteiger partial charge in [-0.2, -0.15) is 0 Å². The Hall–Kier alpha value is -4.31. The molecule has 0 fully saturated rings. The van der Waals surface area contributed by atoms with E-state index in [1.165, 1.54) is 10.6 Å². The largest absolute Gasteiger partial charge is 0.454 e. The van der Waals surface area contributed by atoms with Crippen LogP contribution in [0.15, 0.2) is 66.1 Å². The maximum Gasteiger partial charge on any atom is 0.268 e. The lowest BCUT2D eigenvalue weighted by Gasteiger charge is -2.15. The SMILES string of the molecule is C=CC(=O)Nc1ccc(Oc2ccc(F)cc2F)c(-c2cn(C)c(=O)c3sc(C(=O)NCC)cc23)c1. The van der Waals surface area contributed by atoms with E-state index in [9.17, 15) is 23.2 Å². The van der Waals surface area contributed by atoms with Gasteiger partial charge in [0.1, 0.15) is 16.3 Å². The van der Waals surface area contributed by atoms with Crippen LogP contribution in [0.3, 0.4) is 0 Å². The minimum Gasteiger partial charge on any atom is -0.454 e. The highest BCUT2D eigenvalue weighted by Crippen LogP contribution is 2.40. The number of carbonyl (C=O) groups is 2. The molecule has 0 aliphatic heterocycles. The highest BCUT2D eigenvalue weighted by Gasteiger charge is 2.20. The predicted molar refractivity (Wildman–Crippen MR) is 136 cm³/mol. The van der Waals surface area contributed by atoms with Crippen LogP contribution < -0.4 is 20.9 Å². The van der Waals surface area contributed by atoms with Gasteiger partial charge in [-0.25, -0.2) is 8.78 Å². The molecule has 4 rings (SSSR count). The number of pyridine rings is 1. The van der Waals surface area contributed by atoms with Gasteiger partial charge in [-0.05, 0) is 49.4 Å². The molecule has 0 atom stereocenters. The molecular formula is C26H21F2N3O4S. The van der Waals surface area contributed by atoms with Gasteiger partial charge in [0.25, 0.3) is 11.5 Å². The Kier molecular flexibility index (Phi) is 6.98. The maximum absolute atomic E-state index is 14.4. The predicted octanol–water partition coefficient (Wildman–Crippen LogP) is 5.21. The number of nitrogens with zero attached hydrogens (tertiary/aromatic N) is 1. The normalized spacial score (nSPS) is 10.8. The maximum atomic E-state index is 14.4. The van der Waals surface area contributed by atoms with Gasteiger partial charge in [0.2, 0.25) is 5.91 Å². The van der Waals surface area contributed by atoms with Crippen LogP contribution in [0.25, 0.3) is 21.2 Å². The van der Waals surface area contributed by atoms with Gasteiger partial charge in [-0.1, -0.05) is 6.58 Å². The lowest BCUT2D eigenvalue weighted by atomic mass is 10.0. The van der Waals surface area contributed by atoms with Gasteiger partial charge >= 0.3 is 0 Å². The summed E-state index contributed by atoms with van der Waals surface area (Å²) in [6.07, 6.45) is 2.68. The smallest absolute Gasteiger partial charge is 0.268 e. The molecule has 10 heteroatoms. The lowest BCUT2D eigenvalue weighted by molar-refractivity contribution is -0.111. The number of thiophene rings is 1. The van der Waals surface area contributed by atoms with Crippen molar-refractivity contribution in [1.82, 2.24) is 9.88 Å². The van der Waals surface area contributed by atoms with E-state index in [0.29, 0.717) is 44.4 Å². The molecule has 7 nitrogen and oxygen atoms in total. The Bertz CT molecular complexity index is 1580. The Balaban J connectivity index is 1.95. The molecule has 4 aromatic rings. The summed E-state index contributed by atoms with van der Waals surface area (Å²) in [4.78, 5) is 37.6. The van der Waals surface area contributed by atoms with Crippen LogP contribution in [0, 0.1) is 11.6 Å². The van der Waals surface area contributed by atoms with E-state index in [1.54, 1.807) is 38.4 Å². The second kappa shape index (κ2) is 10.1. The van der Waals surface area contributed by atoms with E-state index in [0.717, 1.165) is 29.5 Å². The number of amides is 2. The third kappa shape index (κ3) is 4.89. The minimum atomic E-state index is -0.898. The summed E-state index contributed by atoms with van der Waals surface area (Å²) in [6, 6.07) is 9.21. The first kappa shape index (κ1) is 24.8. The van der Waals surface area contributed by atoms with E-state index in [2.05, 4.69) is 17.2 Å². The second-order valence-electron chi connectivity index (χ2n) is 7.75. The number of hydrogen-bond donors (Lipinski definition) is 2. The van der Waals surface area contributed by atoms with Gasteiger partial charge in [-0.3, -0.25) is 14.4 Å². The average molecular weight is 510 g/mol. The molecule has 0 radical (unpaired) electrons.